The summed E-state index contributed by atoms with van der Waals surface area (Å²) in [6.45, 7) is 1.97. The van der Waals surface area contributed by atoms with Crippen molar-refractivity contribution in [1.29, 1.82) is 0 Å². The predicted molar refractivity (Wildman–Crippen MR) is 80.6 cm³/mol. The van der Waals surface area contributed by atoms with Crippen LogP contribution in [0.1, 0.15) is 25.2 Å². The number of carboxylic acids is 1. The standard InChI is InChI=1S/C15H21N3O3/c1-5-12(17(2)3)15-16-11-8-10(21-4)6-7-13(11)18(15)9-14(19)20/h6-8,12H,5,9H2,1-4H3,(H,19,20). The molecule has 21 heavy (non-hydrogen) atoms. The van der Waals surface area contributed by atoms with E-state index in [9.17, 15) is 9.90 Å². The van der Waals surface area contributed by atoms with Crippen LogP contribution in [0.15, 0.2) is 18.2 Å². The van der Waals surface area contributed by atoms with Crippen LogP contribution in [0.4, 0.5) is 0 Å². The van der Waals surface area contributed by atoms with Crippen LogP contribution < -0.4 is 4.74 Å². The molecule has 1 aromatic carbocycles. The maximum atomic E-state index is 11.2. The van der Waals surface area contributed by atoms with Crippen molar-refractivity contribution >= 4 is 17.0 Å². The molecule has 0 saturated heterocycles. The van der Waals surface area contributed by atoms with Gasteiger partial charge in [0.1, 0.15) is 18.1 Å². The molecule has 1 atom stereocenters. The summed E-state index contributed by atoms with van der Waals surface area (Å²) in [6.07, 6.45) is 0.854. The predicted octanol–water partition coefficient (Wildman–Crippen LogP) is 2.14. The number of rotatable bonds is 6. The monoisotopic (exact) mass is 291 g/mol. The molecule has 1 N–H and O–H groups in total. The van der Waals surface area contributed by atoms with Gasteiger partial charge in [-0.25, -0.2) is 4.98 Å². The van der Waals surface area contributed by atoms with Crippen molar-refractivity contribution in [3.63, 3.8) is 0 Å². The molecule has 0 fully saturated rings. The fourth-order valence-electron chi connectivity index (χ4n) is 2.59. The Kier molecular flexibility index (Phi) is 4.47. The third kappa shape index (κ3) is 3.00. The second-order valence-corrected chi connectivity index (χ2v) is 5.19. The number of hydrogen-bond donors (Lipinski definition) is 1. The third-order valence-electron chi connectivity index (χ3n) is 3.59. The molecule has 1 aromatic heterocycles. The normalized spacial score (nSPS) is 12.8. The van der Waals surface area contributed by atoms with E-state index in [2.05, 4.69) is 16.8 Å². The Labute approximate surface area is 124 Å². The second kappa shape index (κ2) is 6.13. The first kappa shape index (κ1) is 15.3. The van der Waals surface area contributed by atoms with Crippen LogP contribution in [-0.4, -0.2) is 46.7 Å². The number of imidazole rings is 1. The van der Waals surface area contributed by atoms with Gasteiger partial charge in [-0.2, -0.15) is 0 Å². The van der Waals surface area contributed by atoms with Crippen molar-refractivity contribution in [2.75, 3.05) is 21.2 Å². The van der Waals surface area contributed by atoms with Crippen LogP contribution in [0.5, 0.6) is 5.75 Å². The summed E-state index contributed by atoms with van der Waals surface area (Å²) in [5, 5.41) is 9.18. The second-order valence-electron chi connectivity index (χ2n) is 5.19. The van der Waals surface area contributed by atoms with Gasteiger partial charge in [0.05, 0.1) is 24.2 Å². The smallest absolute Gasteiger partial charge is 0.323 e. The molecule has 0 radical (unpaired) electrons. The lowest BCUT2D eigenvalue weighted by molar-refractivity contribution is -0.137. The van der Waals surface area contributed by atoms with Crippen molar-refractivity contribution in [2.24, 2.45) is 0 Å². The van der Waals surface area contributed by atoms with Crippen LogP contribution in [0.2, 0.25) is 0 Å². The number of fused-ring (bicyclic) bond motifs is 1. The largest absolute Gasteiger partial charge is 0.497 e. The van der Waals surface area contributed by atoms with E-state index in [1.54, 1.807) is 11.7 Å². The molecule has 0 aliphatic rings. The Morgan fingerprint density at radius 3 is 2.71 bits per heavy atom. The number of methoxy groups -OCH3 is 1. The van der Waals surface area contributed by atoms with Gasteiger partial charge in [-0.1, -0.05) is 6.92 Å². The number of ether oxygens (including phenoxy) is 1. The Morgan fingerprint density at radius 2 is 2.19 bits per heavy atom. The maximum absolute atomic E-state index is 11.2. The molecular weight excluding hydrogens is 270 g/mol. The summed E-state index contributed by atoms with van der Waals surface area (Å²) in [7, 11) is 5.55. The molecule has 2 rings (SSSR count). The number of aliphatic carboxylic acids is 1. The average Bonchev–Trinajstić information content (AvgIpc) is 2.76. The van der Waals surface area contributed by atoms with E-state index in [4.69, 9.17) is 4.74 Å². The van der Waals surface area contributed by atoms with Crippen LogP contribution in [-0.2, 0) is 11.3 Å². The fraction of sp³-hybridized carbons (Fsp3) is 0.467. The minimum atomic E-state index is -0.875. The minimum Gasteiger partial charge on any atom is -0.497 e. The van der Waals surface area contributed by atoms with E-state index >= 15 is 0 Å². The summed E-state index contributed by atoms with van der Waals surface area (Å²) in [5.41, 5.74) is 1.57. The maximum Gasteiger partial charge on any atom is 0.323 e. The average molecular weight is 291 g/mol. The van der Waals surface area contributed by atoms with Gasteiger partial charge in [0, 0.05) is 6.07 Å². The lowest BCUT2D eigenvalue weighted by Crippen LogP contribution is -2.24. The molecule has 0 spiro atoms. The number of hydrogen-bond acceptors (Lipinski definition) is 4. The van der Waals surface area contributed by atoms with Crippen molar-refractivity contribution < 1.29 is 14.6 Å². The first-order valence-corrected chi connectivity index (χ1v) is 6.90. The Morgan fingerprint density at radius 1 is 1.48 bits per heavy atom. The molecule has 1 heterocycles. The molecule has 1 unspecified atom stereocenters. The fourth-order valence-corrected chi connectivity index (χ4v) is 2.59. The number of benzene rings is 1. The van der Waals surface area contributed by atoms with E-state index in [0.717, 1.165) is 23.3 Å². The van der Waals surface area contributed by atoms with Gasteiger partial charge in [-0.15, -0.1) is 0 Å². The van der Waals surface area contributed by atoms with Gasteiger partial charge < -0.3 is 14.4 Å². The highest BCUT2D eigenvalue weighted by Gasteiger charge is 2.22. The van der Waals surface area contributed by atoms with E-state index in [1.165, 1.54) is 0 Å². The zero-order valence-corrected chi connectivity index (χ0v) is 12.8. The van der Waals surface area contributed by atoms with E-state index in [0.29, 0.717) is 5.75 Å². The lowest BCUT2D eigenvalue weighted by Gasteiger charge is -2.23. The molecule has 0 aliphatic carbocycles. The van der Waals surface area contributed by atoms with Crippen LogP contribution in [0, 0.1) is 0 Å². The third-order valence-corrected chi connectivity index (χ3v) is 3.59. The van der Waals surface area contributed by atoms with Gasteiger partial charge >= 0.3 is 5.97 Å². The van der Waals surface area contributed by atoms with Gasteiger partial charge in [-0.05, 0) is 32.6 Å². The van der Waals surface area contributed by atoms with E-state index in [1.807, 2.05) is 32.3 Å². The zero-order valence-electron chi connectivity index (χ0n) is 12.8. The van der Waals surface area contributed by atoms with Crippen LogP contribution in [0.25, 0.3) is 11.0 Å². The molecule has 0 bridgehead atoms. The first-order chi connectivity index (χ1) is 9.97. The molecule has 6 nitrogen and oxygen atoms in total. The van der Waals surface area contributed by atoms with Gasteiger partial charge in [0.2, 0.25) is 0 Å². The molecule has 0 saturated carbocycles. The minimum absolute atomic E-state index is 0.0720. The Hall–Kier alpha value is -2.08. The summed E-state index contributed by atoms with van der Waals surface area (Å²) in [6, 6.07) is 5.58. The number of carboxylic acid groups (broad SMARTS) is 1. The van der Waals surface area contributed by atoms with Gasteiger partial charge in [0.25, 0.3) is 0 Å². The quantitative estimate of drug-likeness (QED) is 0.883. The van der Waals surface area contributed by atoms with Crippen molar-refractivity contribution in [2.45, 2.75) is 25.9 Å². The molecular formula is C15H21N3O3. The highest BCUT2D eigenvalue weighted by Crippen LogP contribution is 2.28. The molecule has 6 heteroatoms. The van der Waals surface area contributed by atoms with Crippen LogP contribution >= 0.6 is 0 Å². The van der Waals surface area contributed by atoms with Crippen molar-refractivity contribution in [3.8, 4) is 5.75 Å². The summed E-state index contributed by atoms with van der Waals surface area (Å²) in [5.74, 6) is 0.611. The highest BCUT2D eigenvalue weighted by atomic mass is 16.5. The Bertz CT molecular complexity index is 649. The summed E-state index contributed by atoms with van der Waals surface area (Å²) < 4.78 is 6.98. The molecule has 2 aromatic rings. The topological polar surface area (TPSA) is 67.6 Å². The summed E-state index contributed by atoms with van der Waals surface area (Å²) >= 11 is 0. The summed E-state index contributed by atoms with van der Waals surface area (Å²) in [4.78, 5) is 17.9. The van der Waals surface area contributed by atoms with Gasteiger partial charge in [-0.3, -0.25) is 9.69 Å². The molecule has 0 aliphatic heterocycles. The highest BCUT2D eigenvalue weighted by molar-refractivity contribution is 5.80. The van der Waals surface area contributed by atoms with Gasteiger partial charge in [0.15, 0.2) is 0 Å². The molecule has 0 amide bonds. The number of nitrogens with zero attached hydrogens (tertiary/aromatic N) is 3. The number of carbonyl (C=O) groups is 1. The van der Waals surface area contributed by atoms with Crippen molar-refractivity contribution in [1.82, 2.24) is 14.5 Å². The Balaban J connectivity index is 2.63. The van der Waals surface area contributed by atoms with E-state index in [-0.39, 0.29) is 12.6 Å². The number of aromatic nitrogens is 2. The van der Waals surface area contributed by atoms with E-state index < -0.39 is 5.97 Å². The zero-order chi connectivity index (χ0) is 15.6. The lowest BCUT2D eigenvalue weighted by atomic mass is 10.2. The van der Waals surface area contributed by atoms with Crippen molar-refractivity contribution in [3.05, 3.63) is 24.0 Å². The van der Waals surface area contributed by atoms with Crippen LogP contribution in [0.3, 0.4) is 0 Å². The molecule has 114 valence electrons. The first-order valence-electron chi connectivity index (χ1n) is 6.90. The SMILES string of the molecule is CCC(c1nc2cc(OC)ccc2n1CC(=O)O)N(C)C.